The minimum atomic E-state index is 0.513. The van der Waals surface area contributed by atoms with Gasteiger partial charge in [-0.2, -0.15) is 4.98 Å². The molecule has 5 heteroatoms. The standard InChI is InChI=1S/C13H20BrN3O/c1-2-18-13-10-15-9-12(16-13)17-7-5-3-4-6-11(17)8-14/h9-11H,2-8H2,1H3. The molecule has 0 aromatic carbocycles. The second-order valence-electron chi connectivity index (χ2n) is 4.50. The van der Waals surface area contributed by atoms with Crippen molar-refractivity contribution in [3.8, 4) is 5.88 Å². The minimum absolute atomic E-state index is 0.513. The van der Waals surface area contributed by atoms with Crippen LogP contribution in [0.2, 0.25) is 0 Å². The summed E-state index contributed by atoms with van der Waals surface area (Å²) in [4.78, 5) is 11.1. The smallest absolute Gasteiger partial charge is 0.234 e. The molecule has 1 saturated heterocycles. The number of halogens is 1. The molecule has 1 aliphatic rings. The summed E-state index contributed by atoms with van der Waals surface area (Å²) in [5.74, 6) is 1.56. The van der Waals surface area contributed by atoms with Crippen molar-refractivity contribution >= 4 is 21.7 Å². The van der Waals surface area contributed by atoms with Crippen molar-refractivity contribution in [1.29, 1.82) is 0 Å². The largest absolute Gasteiger partial charge is 0.477 e. The molecule has 0 aliphatic carbocycles. The molecule has 0 amide bonds. The summed E-state index contributed by atoms with van der Waals surface area (Å²) in [5, 5.41) is 0.980. The highest BCUT2D eigenvalue weighted by molar-refractivity contribution is 9.09. The van der Waals surface area contributed by atoms with Gasteiger partial charge in [-0.05, 0) is 19.8 Å². The van der Waals surface area contributed by atoms with Gasteiger partial charge >= 0.3 is 0 Å². The lowest BCUT2D eigenvalue weighted by Gasteiger charge is -2.29. The highest BCUT2D eigenvalue weighted by Gasteiger charge is 2.21. The fourth-order valence-electron chi connectivity index (χ4n) is 2.33. The Labute approximate surface area is 117 Å². The first-order valence-electron chi connectivity index (χ1n) is 6.62. The van der Waals surface area contributed by atoms with Gasteiger partial charge in [0.25, 0.3) is 0 Å². The van der Waals surface area contributed by atoms with Crippen LogP contribution in [0.25, 0.3) is 0 Å². The van der Waals surface area contributed by atoms with Crippen molar-refractivity contribution in [2.75, 3.05) is 23.4 Å². The van der Waals surface area contributed by atoms with E-state index in [2.05, 4.69) is 30.8 Å². The molecule has 1 aliphatic heterocycles. The number of nitrogens with zero attached hydrogens (tertiary/aromatic N) is 3. The van der Waals surface area contributed by atoms with Crippen molar-refractivity contribution in [2.24, 2.45) is 0 Å². The van der Waals surface area contributed by atoms with Crippen molar-refractivity contribution in [3.05, 3.63) is 12.4 Å². The van der Waals surface area contributed by atoms with Crippen LogP contribution in [0.15, 0.2) is 12.4 Å². The van der Waals surface area contributed by atoms with Gasteiger partial charge in [-0.25, -0.2) is 0 Å². The molecule has 2 heterocycles. The Morgan fingerprint density at radius 2 is 2.28 bits per heavy atom. The Morgan fingerprint density at radius 3 is 3.06 bits per heavy atom. The number of rotatable bonds is 4. The van der Waals surface area contributed by atoms with Gasteiger partial charge in [0, 0.05) is 17.9 Å². The molecule has 0 N–H and O–H groups in total. The molecule has 0 bridgehead atoms. The van der Waals surface area contributed by atoms with E-state index < -0.39 is 0 Å². The van der Waals surface area contributed by atoms with E-state index in [1.54, 1.807) is 6.20 Å². The molecule has 4 nitrogen and oxygen atoms in total. The van der Waals surface area contributed by atoms with E-state index in [1.807, 2.05) is 13.1 Å². The summed E-state index contributed by atoms with van der Waals surface area (Å²) in [5.41, 5.74) is 0. The summed E-state index contributed by atoms with van der Waals surface area (Å²) in [6.45, 7) is 3.64. The summed E-state index contributed by atoms with van der Waals surface area (Å²) in [6.07, 6.45) is 8.55. The van der Waals surface area contributed by atoms with Gasteiger partial charge in [-0.1, -0.05) is 28.8 Å². The summed E-state index contributed by atoms with van der Waals surface area (Å²) < 4.78 is 5.43. The van der Waals surface area contributed by atoms with E-state index in [4.69, 9.17) is 4.74 Å². The van der Waals surface area contributed by atoms with Crippen LogP contribution < -0.4 is 9.64 Å². The number of ether oxygens (including phenoxy) is 1. The SMILES string of the molecule is CCOc1cncc(N2CCCCCC2CBr)n1. The van der Waals surface area contributed by atoms with Crippen LogP contribution in [0.1, 0.15) is 32.6 Å². The van der Waals surface area contributed by atoms with Crippen molar-refractivity contribution in [1.82, 2.24) is 9.97 Å². The number of hydrogen-bond donors (Lipinski definition) is 0. The average Bonchev–Trinajstić information content (AvgIpc) is 2.64. The quantitative estimate of drug-likeness (QED) is 0.801. The molecular weight excluding hydrogens is 294 g/mol. The molecule has 1 aromatic rings. The van der Waals surface area contributed by atoms with Crippen molar-refractivity contribution < 1.29 is 4.74 Å². The molecular formula is C13H20BrN3O. The van der Waals surface area contributed by atoms with Gasteiger partial charge < -0.3 is 9.64 Å². The third-order valence-electron chi connectivity index (χ3n) is 3.24. The van der Waals surface area contributed by atoms with Crippen molar-refractivity contribution in [3.63, 3.8) is 0 Å². The molecule has 2 rings (SSSR count). The van der Waals surface area contributed by atoms with Gasteiger partial charge in [-0.15, -0.1) is 0 Å². The number of alkyl halides is 1. The normalized spacial score (nSPS) is 20.6. The monoisotopic (exact) mass is 313 g/mol. The first-order chi connectivity index (χ1) is 8.85. The Morgan fingerprint density at radius 1 is 1.39 bits per heavy atom. The first kappa shape index (κ1) is 13.6. The fraction of sp³-hybridized carbons (Fsp3) is 0.692. The first-order valence-corrected chi connectivity index (χ1v) is 7.74. The van der Waals surface area contributed by atoms with E-state index in [1.165, 1.54) is 25.7 Å². The Balaban J connectivity index is 2.18. The van der Waals surface area contributed by atoms with Crippen LogP contribution in [0.5, 0.6) is 5.88 Å². The molecule has 18 heavy (non-hydrogen) atoms. The lowest BCUT2D eigenvalue weighted by Crippen LogP contribution is -2.36. The summed E-state index contributed by atoms with van der Waals surface area (Å²) in [6, 6.07) is 0.513. The Bertz CT molecular complexity index is 375. The minimum Gasteiger partial charge on any atom is -0.477 e. The maximum absolute atomic E-state index is 5.43. The van der Waals surface area contributed by atoms with Gasteiger partial charge in [0.05, 0.1) is 19.0 Å². The lowest BCUT2D eigenvalue weighted by molar-refractivity contribution is 0.325. The molecule has 1 unspecified atom stereocenters. The van der Waals surface area contributed by atoms with Crippen molar-refractivity contribution in [2.45, 2.75) is 38.6 Å². The van der Waals surface area contributed by atoms with Gasteiger partial charge in [0.15, 0.2) is 5.82 Å². The van der Waals surface area contributed by atoms with Gasteiger partial charge in [0.2, 0.25) is 5.88 Å². The maximum atomic E-state index is 5.43. The molecule has 1 aromatic heterocycles. The fourth-order valence-corrected chi connectivity index (χ4v) is 3.01. The van der Waals surface area contributed by atoms with Gasteiger partial charge in [-0.3, -0.25) is 4.98 Å². The lowest BCUT2D eigenvalue weighted by atomic mass is 10.1. The average molecular weight is 314 g/mol. The van der Waals surface area contributed by atoms with Crippen LogP contribution >= 0.6 is 15.9 Å². The Kier molecular flexibility index (Phi) is 5.23. The zero-order valence-corrected chi connectivity index (χ0v) is 12.4. The van der Waals surface area contributed by atoms with E-state index in [0.29, 0.717) is 18.5 Å². The van der Waals surface area contributed by atoms with E-state index in [0.717, 1.165) is 17.7 Å². The zero-order valence-electron chi connectivity index (χ0n) is 10.8. The topological polar surface area (TPSA) is 38.2 Å². The summed E-state index contributed by atoms with van der Waals surface area (Å²) >= 11 is 3.61. The molecule has 100 valence electrons. The van der Waals surface area contributed by atoms with Crippen LogP contribution in [-0.2, 0) is 0 Å². The third-order valence-corrected chi connectivity index (χ3v) is 3.99. The van der Waals surface area contributed by atoms with Crippen LogP contribution in [0.3, 0.4) is 0 Å². The second-order valence-corrected chi connectivity index (χ2v) is 5.15. The molecule has 0 radical (unpaired) electrons. The van der Waals surface area contributed by atoms with E-state index in [9.17, 15) is 0 Å². The highest BCUT2D eigenvalue weighted by Crippen LogP contribution is 2.24. The second kappa shape index (κ2) is 6.92. The number of aromatic nitrogens is 2. The molecule has 0 saturated carbocycles. The molecule has 1 fully saturated rings. The summed E-state index contributed by atoms with van der Waals surface area (Å²) in [7, 11) is 0. The van der Waals surface area contributed by atoms with Crippen LogP contribution in [0, 0.1) is 0 Å². The predicted molar refractivity (Wildman–Crippen MR) is 76.6 cm³/mol. The third kappa shape index (κ3) is 3.34. The van der Waals surface area contributed by atoms with E-state index in [-0.39, 0.29) is 0 Å². The maximum Gasteiger partial charge on any atom is 0.234 e. The van der Waals surface area contributed by atoms with E-state index >= 15 is 0 Å². The number of hydrogen-bond acceptors (Lipinski definition) is 4. The molecule has 1 atom stereocenters. The molecule has 0 spiro atoms. The van der Waals surface area contributed by atoms with Crippen LogP contribution in [0.4, 0.5) is 5.82 Å². The van der Waals surface area contributed by atoms with Crippen LogP contribution in [-0.4, -0.2) is 34.5 Å². The predicted octanol–water partition coefficient (Wildman–Crippen LogP) is 3.02. The number of anilines is 1. The Hall–Kier alpha value is -0.840. The highest BCUT2D eigenvalue weighted by atomic mass is 79.9. The zero-order chi connectivity index (χ0) is 12.8. The van der Waals surface area contributed by atoms with Gasteiger partial charge in [0.1, 0.15) is 0 Å².